The van der Waals surface area contributed by atoms with Gasteiger partial charge in [0.2, 0.25) is 0 Å². The zero-order valence-electron chi connectivity index (χ0n) is 17.9. The zero-order valence-corrected chi connectivity index (χ0v) is 17.9. The number of carbonyl (C=O) groups excluding carboxylic acids is 1. The summed E-state index contributed by atoms with van der Waals surface area (Å²) in [6.07, 6.45) is 6.17. The monoisotopic (exact) mass is 439 g/mol. The summed E-state index contributed by atoms with van der Waals surface area (Å²) < 4.78 is 29.0. The van der Waals surface area contributed by atoms with Crippen molar-refractivity contribution in [3.05, 3.63) is 83.2 Å². The lowest BCUT2D eigenvalue weighted by molar-refractivity contribution is 0.0928. The summed E-state index contributed by atoms with van der Waals surface area (Å²) in [5, 5.41) is 10.7. The molecule has 6 nitrogen and oxygen atoms in total. The molecule has 1 saturated heterocycles. The average molecular weight is 440 g/mol. The minimum absolute atomic E-state index is 0.0702. The highest BCUT2D eigenvalue weighted by atomic mass is 19.1. The first-order chi connectivity index (χ1) is 15.6. The summed E-state index contributed by atoms with van der Waals surface area (Å²) in [7, 11) is 0. The van der Waals surface area contributed by atoms with Crippen LogP contribution in [0.2, 0.25) is 0 Å². The van der Waals surface area contributed by atoms with Crippen molar-refractivity contribution in [3.63, 3.8) is 0 Å². The molecule has 4 rings (SSSR count). The van der Waals surface area contributed by atoms with Crippen molar-refractivity contribution < 1.29 is 13.6 Å². The van der Waals surface area contributed by atoms with Gasteiger partial charge in [0, 0.05) is 12.1 Å². The van der Waals surface area contributed by atoms with E-state index in [0.29, 0.717) is 6.54 Å². The molecule has 1 amide bonds. The molecule has 0 saturated carbocycles. The normalized spacial score (nSPS) is 15.8. The number of rotatable bonds is 7. The molecule has 1 aromatic heterocycles. The van der Waals surface area contributed by atoms with Crippen molar-refractivity contribution in [3.8, 4) is 0 Å². The smallest absolute Gasteiger partial charge is 0.273 e. The summed E-state index contributed by atoms with van der Waals surface area (Å²) >= 11 is 0. The first-order valence-electron chi connectivity index (χ1n) is 11.0. The SMILES string of the molecule is O=C(NCC(c1ccccc1)N1CCCCCC1)c1cn(Cc2c(F)cccc2F)nn1. The second kappa shape index (κ2) is 10.5. The number of hydrogen-bond donors (Lipinski definition) is 1. The van der Waals surface area contributed by atoms with Crippen LogP contribution in [0.5, 0.6) is 0 Å². The van der Waals surface area contributed by atoms with Crippen LogP contribution in [0.15, 0.2) is 54.7 Å². The molecule has 0 aliphatic carbocycles. The van der Waals surface area contributed by atoms with E-state index in [1.165, 1.54) is 41.9 Å². The van der Waals surface area contributed by atoms with Crippen LogP contribution in [-0.4, -0.2) is 45.4 Å². The van der Waals surface area contributed by atoms with Crippen molar-refractivity contribution in [1.29, 1.82) is 0 Å². The quantitative estimate of drug-likeness (QED) is 0.606. The van der Waals surface area contributed by atoms with Gasteiger partial charge in [-0.25, -0.2) is 13.5 Å². The summed E-state index contributed by atoms with van der Waals surface area (Å²) in [5.74, 6) is -1.68. The van der Waals surface area contributed by atoms with Crippen LogP contribution < -0.4 is 5.32 Å². The fourth-order valence-corrected chi connectivity index (χ4v) is 4.14. The van der Waals surface area contributed by atoms with Crippen LogP contribution in [0, 0.1) is 11.6 Å². The lowest BCUT2D eigenvalue weighted by Crippen LogP contribution is -2.38. The molecular weight excluding hydrogens is 412 g/mol. The molecule has 1 aliphatic rings. The van der Waals surface area contributed by atoms with E-state index in [1.807, 2.05) is 18.2 Å². The molecule has 1 fully saturated rings. The number of aromatic nitrogens is 3. The molecule has 2 heterocycles. The fraction of sp³-hybridized carbons (Fsp3) is 0.375. The molecule has 0 radical (unpaired) electrons. The Kier molecular flexibility index (Phi) is 7.21. The van der Waals surface area contributed by atoms with E-state index >= 15 is 0 Å². The topological polar surface area (TPSA) is 63.1 Å². The Morgan fingerprint density at radius 3 is 2.34 bits per heavy atom. The molecule has 32 heavy (non-hydrogen) atoms. The summed E-state index contributed by atoms with van der Waals surface area (Å²) in [4.78, 5) is 15.2. The number of carbonyl (C=O) groups is 1. The van der Waals surface area contributed by atoms with Gasteiger partial charge in [-0.1, -0.05) is 54.5 Å². The van der Waals surface area contributed by atoms with Crippen LogP contribution in [0.3, 0.4) is 0 Å². The molecule has 3 aromatic rings. The van der Waals surface area contributed by atoms with Gasteiger partial charge < -0.3 is 5.32 Å². The van der Waals surface area contributed by atoms with E-state index < -0.39 is 11.6 Å². The average Bonchev–Trinajstić information content (AvgIpc) is 3.11. The predicted octanol–water partition coefficient (Wildman–Crippen LogP) is 3.95. The zero-order chi connectivity index (χ0) is 22.3. The maximum absolute atomic E-state index is 13.9. The Hall–Kier alpha value is -3.13. The van der Waals surface area contributed by atoms with Gasteiger partial charge in [0.25, 0.3) is 5.91 Å². The Labute approximate surface area is 186 Å². The van der Waals surface area contributed by atoms with E-state index in [9.17, 15) is 13.6 Å². The Bertz CT molecular complexity index is 1010. The van der Waals surface area contributed by atoms with E-state index in [0.717, 1.165) is 31.5 Å². The largest absolute Gasteiger partial charge is 0.349 e. The Morgan fingerprint density at radius 1 is 0.969 bits per heavy atom. The molecule has 0 bridgehead atoms. The molecule has 1 atom stereocenters. The first kappa shape index (κ1) is 22.1. The Balaban J connectivity index is 1.43. The van der Waals surface area contributed by atoms with E-state index in [2.05, 4.69) is 32.7 Å². The van der Waals surface area contributed by atoms with E-state index in [1.54, 1.807) is 0 Å². The molecular formula is C24H27F2N5O. The highest BCUT2D eigenvalue weighted by molar-refractivity contribution is 5.91. The third-order valence-electron chi connectivity index (χ3n) is 5.87. The minimum atomic E-state index is -0.658. The lowest BCUT2D eigenvalue weighted by atomic mass is 10.0. The summed E-state index contributed by atoms with van der Waals surface area (Å²) in [6, 6.07) is 13.9. The third kappa shape index (κ3) is 5.37. The number of benzene rings is 2. The van der Waals surface area contributed by atoms with Crippen LogP contribution in [0.4, 0.5) is 8.78 Å². The molecule has 2 aromatic carbocycles. The maximum Gasteiger partial charge on any atom is 0.273 e. The van der Waals surface area contributed by atoms with Gasteiger partial charge in [-0.3, -0.25) is 9.69 Å². The number of likely N-dealkylation sites (tertiary alicyclic amines) is 1. The Morgan fingerprint density at radius 2 is 1.66 bits per heavy atom. The van der Waals surface area contributed by atoms with Crippen LogP contribution in [0.1, 0.15) is 53.3 Å². The highest BCUT2D eigenvalue weighted by Gasteiger charge is 2.23. The van der Waals surface area contributed by atoms with Gasteiger partial charge in [-0.05, 0) is 43.6 Å². The molecule has 8 heteroatoms. The predicted molar refractivity (Wildman–Crippen MR) is 117 cm³/mol. The summed E-state index contributed by atoms with van der Waals surface area (Å²) in [6.45, 7) is 2.30. The molecule has 1 unspecified atom stereocenters. The van der Waals surface area contributed by atoms with Crippen molar-refractivity contribution in [1.82, 2.24) is 25.2 Å². The maximum atomic E-state index is 13.9. The van der Waals surface area contributed by atoms with E-state index in [-0.39, 0.29) is 29.8 Å². The van der Waals surface area contributed by atoms with Crippen molar-refractivity contribution in [2.45, 2.75) is 38.3 Å². The van der Waals surface area contributed by atoms with Crippen molar-refractivity contribution in [2.75, 3.05) is 19.6 Å². The third-order valence-corrected chi connectivity index (χ3v) is 5.87. The minimum Gasteiger partial charge on any atom is -0.349 e. The summed E-state index contributed by atoms with van der Waals surface area (Å²) in [5.41, 5.74) is 1.16. The fourth-order valence-electron chi connectivity index (χ4n) is 4.14. The van der Waals surface area contributed by atoms with Gasteiger partial charge in [-0.15, -0.1) is 5.10 Å². The number of halogens is 2. The second-order valence-electron chi connectivity index (χ2n) is 8.09. The van der Waals surface area contributed by atoms with Crippen LogP contribution in [-0.2, 0) is 6.54 Å². The first-order valence-corrected chi connectivity index (χ1v) is 11.0. The van der Waals surface area contributed by atoms with Gasteiger partial charge in [0.1, 0.15) is 11.6 Å². The van der Waals surface area contributed by atoms with Gasteiger partial charge >= 0.3 is 0 Å². The van der Waals surface area contributed by atoms with Crippen molar-refractivity contribution in [2.24, 2.45) is 0 Å². The van der Waals surface area contributed by atoms with Gasteiger partial charge in [0.15, 0.2) is 5.69 Å². The number of nitrogens with zero attached hydrogens (tertiary/aromatic N) is 4. The number of nitrogens with one attached hydrogen (secondary N) is 1. The lowest BCUT2D eigenvalue weighted by Gasteiger charge is -2.31. The van der Waals surface area contributed by atoms with Crippen LogP contribution >= 0.6 is 0 Å². The molecule has 0 spiro atoms. The second-order valence-corrected chi connectivity index (χ2v) is 8.09. The standard InChI is InChI=1S/C24H27F2N5O/c25-20-11-8-12-21(26)19(20)16-31-17-22(28-29-31)24(32)27-15-23(18-9-4-3-5-10-18)30-13-6-1-2-7-14-30/h3-5,8-12,17,23H,1-2,6-7,13-16H2,(H,27,32). The van der Waals surface area contributed by atoms with E-state index in [4.69, 9.17) is 0 Å². The highest BCUT2D eigenvalue weighted by Crippen LogP contribution is 2.24. The van der Waals surface area contributed by atoms with Crippen molar-refractivity contribution >= 4 is 5.91 Å². The molecule has 168 valence electrons. The van der Waals surface area contributed by atoms with Crippen LogP contribution in [0.25, 0.3) is 0 Å². The number of hydrogen-bond acceptors (Lipinski definition) is 4. The molecule has 1 aliphatic heterocycles. The van der Waals surface area contributed by atoms with Gasteiger partial charge in [-0.2, -0.15) is 0 Å². The number of amides is 1. The molecule has 1 N–H and O–H groups in total. The van der Waals surface area contributed by atoms with Gasteiger partial charge in [0.05, 0.1) is 18.8 Å².